The molecule has 8 heteroatoms. The van der Waals surface area contributed by atoms with Crippen LogP contribution < -0.4 is 20.2 Å². The van der Waals surface area contributed by atoms with Crippen LogP contribution in [0.3, 0.4) is 0 Å². The van der Waals surface area contributed by atoms with E-state index in [2.05, 4.69) is 15.8 Å². The summed E-state index contributed by atoms with van der Waals surface area (Å²) < 4.78 is 12.1. The van der Waals surface area contributed by atoms with Crippen molar-refractivity contribution >= 4 is 38.9 Å². The van der Waals surface area contributed by atoms with Gasteiger partial charge in [0.1, 0.15) is 13.2 Å². The van der Waals surface area contributed by atoms with Gasteiger partial charge in [-0.1, -0.05) is 18.2 Å². The number of hydrazone groups is 1. The molecule has 4 rings (SSSR count). The molecule has 0 saturated heterocycles. The molecule has 1 aliphatic heterocycles. The molecule has 0 atom stereocenters. The van der Waals surface area contributed by atoms with E-state index in [1.165, 1.54) is 0 Å². The predicted octanol–water partition coefficient (Wildman–Crippen LogP) is 2.94. The predicted molar refractivity (Wildman–Crippen MR) is 112 cm³/mol. The quantitative estimate of drug-likeness (QED) is 0.501. The van der Waals surface area contributed by atoms with Crippen LogP contribution in [0, 0.1) is 0 Å². The highest BCUT2D eigenvalue weighted by Crippen LogP contribution is 2.30. The molecule has 3 aromatic rings. The fourth-order valence-corrected chi connectivity index (χ4v) is 3.96. The number of nitrogens with zero attached hydrogens (tertiary/aromatic N) is 1. The summed E-state index contributed by atoms with van der Waals surface area (Å²) in [6.45, 7) is 2.58. The Balaban J connectivity index is 1.34. The van der Waals surface area contributed by atoms with Gasteiger partial charge in [0, 0.05) is 26.6 Å². The van der Waals surface area contributed by atoms with Crippen molar-refractivity contribution in [3.63, 3.8) is 0 Å². The number of carbonyl (C=O) groups excluding carboxylic acids is 2. The van der Waals surface area contributed by atoms with E-state index in [1.807, 2.05) is 36.6 Å². The van der Waals surface area contributed by atoms with Gasteiger partial charge in [0.15, 0.2) is 11.5 Å². The van der Waals surface area contributed by atoms with Crippen molar-refractivity contribution in [3.8, 4) is 11.5 Å². The summed E-state index contributed by atoms with van der Waals surface area (Å²) in [4.78, 5) is 24.4. The first-order valence-electron chi connectivity index (χ1n) is 9.09. The van der Waals surface area contributed by atoms with Crippen LogP contribution in [0.1, 0.15) is 22.8 Å². The fraction of sp³-hybridized carbons (Fsp3) is 0.190. The normalized spacial score (nSPS) is 13.2. The summed E-state index contributed by atoms with van der Waals surface area (Å²) in [5.41, 5.74) is 4.56. The molecule has 1 aliphatic rings. The monoisotopic (exact) mass is 409 g/mol. The minimum Gasteiger partial charge on any atom is -0.486 e. The summed E-state index contributed by atoms with van der Waals surface area (Å²) in [5, 5.41) is 9.85. The lowest BCUT2D eigenvalue weighted by molar-refractivity contribution is -0.120. The number of ether oxygens (including phenoxy) is 2. The van der Waals surface area contributed by atoms with Crippen LogP contribution >= 0.6 is 11.3 Å². The number of nitrogens with one attached hydrogen (secondary N) is 2. The second-order valence-corrected chi connectivity index (χ2v) is 7.33. The van der Waals surface area contributed by atoms with Crippen LogP contribution in [0.2, 0.25) is 0 Å². The Morgan fingerprint density at radius 2 is 1.90 bits per heavy atom. The van der Waals surface area contributed by atoms with Crippen molar-refractivity contribution in [2.24, 2.45) is 5.10 Å². The molecule has 0 radical (unpaired) electrons. The lowest BCUT2D eigenvalue weighted by atomic mass is 10.1. The van der Waals surface area contributed by atoms with Gasteiger partial charge in [-0.05, 0) is 31.2 Å². The van der Waals surface area contributed by atoms with E-state index in [0.717, 1.165) is 15.6 Å². The van der Waals surface area contributed by atoms with Gasteiger partial charge in [0.2, 0.25) is 0 Å². The van der Waals surface area contributed by atoms with Crippen molar-refractivity contribution in [2.45, 2.75) is 6.92 Å². The first-order valence-corrected chi connectivity index (χ1v) is 9.97. The highest BCUT2D eigenvalue weighted by Gasteiger charge is 2.15. The Morgan fingerprint density at radius 1 is 1.10 bits per heavy atom. The minimum absolute atomic E-state index is 0.186. The van der Waals surface area contributed by atoms with Crippen LogP contribution in [0.5, 0.6) is 11.5 Å². The van der Waals surface area contributed by atoms with E-state index < -0.39 is 5.91 Å². The van der Waals surface area contributed by atoms with Crippen molar-refractivity contribution < 1.29 is 19.1 Å². The van der Waals surface area contributed by atoms with E-state index in [-0.39, 0.29) is 12.5 Å². The van der Waals surface area contributed by atoms with E-state index in [1.54, 1.807) is 29.5 Å². The molecule has 29 heavy (non-hydrogen) atoms. The van der Waals surface area contributed by atoms with Gasteiger partial charge >= 0.3 is 0 Å². The standard InChI is InChI=1S/C21H19N3O4S/c1-13(16-12-29-19-5-3-2-4-15(16)19)23-24-20(25)11-22-21(26)14-6-7-17-18(10-14)28-9-8-27-17/h2-7,10,12H,8-9,11H2,1H3,(H,22,26)(H,24,25). The zero-order valence-corrected chi connectivity index (χ0v) is 16.5. The van der Waals surface area contributed by atoms with E-state index in [0.29, 0.717) is 36.0 Å². The Labute approximate surface area is 171 Å². The maximum atomic E-state index is 12.3. The van der Waals surface area contributed by atoms with Gasteiger partial charge in [-0.3, -0.25) is 9.59 Å². The summed E-state index contributed by atoms with van der Waals surface area (Å²) in [6, 6.07) is 12.9. The van der Waals surface area contributed by atoms with Gasteiger partial charge in [0.05, 0.1) is 12.3 Å². The zero-order chi connectivity index (χ0) is 20.2. The minimum atomic E-state index is -0.408. The fourth-order valence-electron chi connectivity index (χ4n) is 2.95. The number of fused-ring (bicyclic) bond motifs is 2. The molecule has 0 spiro atoms. The SMILES string of the molecule is CC(=NNC(=O)CNC(=O)c1ccc2c(c1)OCCO2)c1csc2ccccc12. The van der Waals surface area contributed by atoms with Gasteiger partial charge in [-0.2, -0.15) is 5.10 Å². The molecule has 2 aromatic carbocycles. The van der Waals surface area contributed by atoms with E-state index in [9.17, 15) is 9.59 Å². The van der Waals surface area contributed by atoms with Crippen LogP contribution in [-0.2, 0) is 4.79 Å². The molecular weight excluding hydrogens is 390 g/mol. The third-order valence-corrected chi connectivity index (χ3v) is 5.40. The molecule has 2 heterocycles. The largest absolute Gasteiger partial charge is 0.486 e. The van der Waals surface area contributed by atoms with Gasteiger partial charge in [-0.15, -0.1) is 11.3 Å². The molecule has 0 bridgehead atoms. The molecule has 0 aliphatic carbocycles. The van der Waals surface area contributed by atoms with E-state index in [4.69, 9.17) is 9.47 Å². The van der Waals surface area contributed by atoms with Crippen LogP contribution in [0.4, 0.5) is 0 Å². The molecule has 148 valence electrons. The molecule has 1 aromatic heterocycles. The highest BCUT2D eigenvalue weighted by atomic mass is 32.1. The van der Waals surface area contributed by atoms with Gasteiger partial charge in [0.25, 0.3) is 11.8 Å². The number of thiophene rings is 1. The molecular formula is C21H19N3O4S. The number of hydrogen-bond acceptors (Lipinski definition) is 6. The number of benzene rings is 2. The van der Waals surface area contributed by atoms with Gasteiger partial charge < -0.3 is 14.8 Å². The maximum Gasteiger partial charge on any atom is 0.259 e. The number of rotatable bonds is 5. The van der Waals surface area contributed by atoms with Crippen molar-refractivity contribution in [1.29, 1.82) is 0 Å². The van der Waals surface area contributed by atoms with Crippen LogP contribution in [0.25, 0.3) is 10.1 Å². The molecule has 0 saturated carbocycles. The molecule has 2 N–H and O–H groups in total. The molecule has 0 fully saturated rings. The first-order chi connectivity index (χ1) is 14.1. The average molecular weight is 409 g/mol. The second-order valence-electron chi connectivity index (χ2n) is 6.42. The lowest BCUT2D eigenvalue weighted by Gasteiger charge is -2.18. The Bertz CT molecular complexity index is 1110. The van der Waals surface area contributed by atoms with E-state index >= 15 is 0 Å². The lowest BCUT2D eigenvalue weighted by Crippen LogP contribution is -2.35. The average Bonchev–Trinajstić information content (AvgIpc) is 3.19. The summed E-state index contributed by atoms with van der Waals surface area (Å²) in [6.07, 6.45) is 0. The van der Waals surface area contributed by atoms with Crippen molar-refractivity contribution in [3.05, 3.63) is 59.0 Å². The third kappa shape index (κ3) is 4.22. The number of amides is 2. The maximum absolute atomic E-state index is 12.3. The number of hydrogen-bond donors (Lipinski definition) is 2. The summed E-state index contributed by atoms with van der Waals surface area (Å²) in [5.74, 6) is 0.351. The Hall–Kier alpha value is -3.39. The van der Waals surface area contributed by atoms with Crippen molar-refractivity contribution in [1.82, 2.24) is 10.7 Å². The number of carbonyl (C=O) groups is 2. The molecule has 7 nitrogen and oxygen atoms in total. The molecule has 0 unspecified atom stereocenters. The van der Waals surface area contributed by atoms with Crippen LogP contribution in [0.15, 0.2) is 52.9 Å². The first kappa shape index (κ1) is 18.9. The van der Waals surface area contributed by atoms with Crippen molar-refractivity contribution in [2.75, 3.05) is 19.8 Å². The Kier molecular flexibility index (Phi) is 5.44. The zero-order valence-electron chi connectivity index (χ0n) is 15.7. The smallest absolute Gasteiger partial charge is 0.259 e. The highest BCUT2D eigenvalue weighted by molar-refractivity contribution is 7.17. The third-order valence-electron chi connectivity index (χ3n) is 4.43. The Morgan fingerprint density at radius 3 is 2.76 bits per heavy atom. The molecule has 2 amide bonds. The summed E-state index contributed by atoms with van der Waals surface area (Å²) in [7, 11) is 0. The van der Waals surface area contributed by atoms with Gasteiger partial charge in [-0.25, -0.2) is 5.43 Å². The second kappa shape index (κ2) is 8.32. The summed E-state index contributed by atoms with van der Waals surface area (Å²) >= 11 is 1.63. The van der Waals surface area contributed by atoms with Crippen LogP contribution in [-0.4, -0.2) is 37.3 Å². The topological polar surface area (TPSA) is 89.0 Å².